The van der Waals surface area contributed by atoms with Gasteiger partial charge in [0.2, 0.25) is 0 Å². The molecule has 0 atom stereocenters. The maximum atomic E-state index is 13.4. The molecule has 0 spiro atoms. The fraction of sp³-hybridized carbons (Fsp3) is 0.0714. The number of nitriles is 1. The first kappa shape index (κ1) is 14.4. The maximum absolute atomic E-state index is 13.4. The molecule has 0 saturated carbocycles. The number of hydrogen-bond donors (Lipinski definition) is 0. The van der Waals surface area contributed by atoms with Crippen molar-refractivity contribution in [2.45, 2.75) is 6.61 Å². The molecule has 2 aromatic rings. The van der Waals surface area contributed by atoms with Gasteiger partial charge in [-0.15, -0.1) is 0 Å². The van der Waals surface area contributed by atoms with Crippen LogP contribution in [-0.2, 0) is 6.61 Å². The Labute approximate surface area is 118 Å². The quantitative estimate of drug-likeness (QED) is 0.639. The Balaban J connectivity index is 2.15. The van der Waals surface area contributed by atoms with Gasteiger partial charge in [0.1, 0.15) is 30.1 Å². The number of halogens is 2. The summed E-state index contributed by atoms with van der Waals surface area (Å²) in [6.07, 6.45) is 0. The van der Waals surface area contributed by atoms with Crippen LogP contribution in [0.15, 0.2) is 36.4 Å². The summed E-state index contributed by atoms with van der Waals surface area (Å²) in [4.78, 5) is 9.90. The zero-order chi connectivity index (χ0) is 15.4. The predicted molar refractivity (Wildman–Crippen MR) is 68.5 cm³/mol. The SMILES string of the molecule is N#Cc1ccc(OCc2cc(F)cc([N+](=O)[O-])c2)cc1F. The lowest BCUT2D eigenvalue weighted by Crippen LogP contribution is -1.99. The van der Waals surface area contributed by atoms with Crippen molar-refractivity contribution in [3.8, 4) is 11.8 Å². The number of ether oxygens (including phenoxy) is 1. The molecule has 0 unspecified atom stereocenters. The summed E-state index contributed by atoms with van der Waals surface area (Å²) < 4.78 is 31.8. The topological polar surface area (TPSA) is 76.2 Å². The maximum Gasteiger partial charge on any atom is 0.272 e. The molecule has 106 valence electrons. The van der Waals surface area contributed by atoms with Crippen molar-refractivity contribution in [1.29, 1.82) is 5.26 Å². The number of nitro benzene ring substituents is 1. The molecule has 0 heterocycles. The largest absolute Gasteiger partial charge is 0.489 e. The van der Waals surface area contributed by atoms with Crippen LogP contribution in [0.2, 0.25) is 0 Å². The Morgan fingerprint density at radius 2 is 2.00 bits per heavy atom. The van der Waals surface area contributed by atoms with E-state index < -0.39 is 16.6 Å². The monoisotopic (exact) mass is 290 g/mol. The molecule has 0 radical (unpaired) electrons. The third-order valence-electron chi connectivity index (χ3n) is 2.62. The van der Waals surface area contributed by atoms with Crippen molar-refractivity contribution < 1.29 is 18.4 Å². The number of rotatable bonds is 4. The lowest BCUT2D eigenvalue weighted by Gasteiger charge is -2.07. The second-order valence-corrected chi connectivity index (χ2v) is 4.12. The van der Waals surface area contributed by atoms with Gasteiger partial charge >= 0.3 is 0 Å². The van der Waals surface area contributed by atoms with Crippen molar-refractivity contribution in [2.24, 2.45) is 0 Å². The van der Waals surface area contributed by atoms with Gasteiger partial charge in [-0.3, -0.25) is 10.1 Å². The molecule has 0 aliphatic heterocycles. The van der Waals surface area contributed by atoms with Crippen LogP contribution in [0.1, 0.15) is 11.1 Å². The van der Waals surface area contributed by atoms with Crippen LogP contribution in [-0.4, -0.2) is 4.92 Å². The van der Waals surface area contributed by atoms with E-state index in [2.05, 4.69) is 0 Å². The third kappa shape index (κ3) is 3.51. The first-order valence-corrected chi connectivity index (χ1v) is 5.76. The Bertz CT molecular complexity index is 741. The zero-order valence-electron chi connectivity index (χ0n) is 10.5. The summed E-state index contributed by atoms with van der Waals surface area (Å²) >= 11 is 0. The Morgan fingerprint density at radius 1 is 1.24 bits per heavy atom. The smallest absolute Gasteiger partial charge is 0.272 e. The van der Waals surface area contributed by atoms with E-state index in [1.165, 1.54) is 18.2 Å². The van der Waals surface area contributed by atoms with Crippen molar-refractivity contribution in [1.82, 2.24) is 0 Å². The van der Waals surface area contributed by atoms with Crippen molar-refractivity contribution in [3.05, 3.63) is 69.3 Å². The van der Waals surface area contributed by atoms with E-state index >= 15 is 0 Å². The van der Waals surface area contributed by atoms with Gasteiger partial charge in [0.15, 0.2) is 0 Å². The van der Waals surface area contributed by atoms with Crippen LogP contribution >= 0.6 is 0 Å². The van der Waals surface area contributed by atoms with E-state index in [4.69, 9.17) is 10.00 Å². The lowest BCUT2D eigenvalue weighted by molar-refractivity contribution is -0.385. The van der Waals surface area contributed by atoms with Crippen LogP contribution in [0.25, 0.3) is 0 Å². The summed E-state index contributed by atoms with van der Waals surface area (Å²) in [6.45, 7) is -0.163. The Kier molecular flexibility index (Phi) is 4.09. The van der Waals surface area contributed by atoms with Gasteiger partial charge in [-0.25, -0.2) is 8.78 Å². The highest BCUT2D eigenvalue weighted by Crippen LogP contribution is 2.20. The molecular weight excluding hydrogens is 282 g/mol. The van der Waals surface area contributed by atoms with Crippen molar-refractivity contribution in [2.75, 3.05) is 0 Å². The molecule has 0 bridgehead atoms. The summed E-state index contributed by atoms with van der Waals surface area (Å²) in [5, 5.41) is 19.2. The van der Waals surface area contributed by atoms with Crippen molar-refractivity contribution in [3.63, 3.8) is 0 Å². The summed E-state index contributed by atoms with van der Waals surface area (Å²) in [7, 11) is 0. The van der Waals surface area contributed by atoms with Gasteiger partial charge in [-0.1, -0.05) is 0 Å². The van der Waals surface area contributed by atoms with E-state index in [1.807, 2.05) is 0 Å². The van der Waals surface area contributed by atoms with E-state index in [1.54, 1.807) is 6.07 Å². The molecule has 0 amide bonds. The minimum absolute atomic E-state index is 0.122. The van der Waals surface area contributed by atoms with Gasteiger partial charge < -0.3 is 4.74 Å². The normalized spacial score (nSPS) is 9.95. The molecule has 0 fully saturated rings. The van der Waals surface area contributed by atoms with Crippen molar-refractivity contribution >= 4 is 5.69 Å². The summed E-state index contributed by atoms with van der Waals surface area (Å²) in [5.74, 6) is -1.35. The molecule has 2 rings (SSSR count). The first-order valence-electron chi connectivity index (χ1n) is 5.76. The predicted octanol–water partition coefficient (Wildman–Crippen LogP) is 3.32. The highest BCUT2D eigenvalue weighted by molar-refractivity contribution is 5.37. The number of nitrogens with zero attached hydrogens (tertiary/aromatic N) is 2. The summed E-state index contributed by atoms with van der Waals surface area (Å²) in [6, 6.07) is 8.38. The molecule has 0 N–H and O–H groups in total. The van der Waals surface area contributed by atoms with Gasteiger partial charge in [-0.05, 0) is 23.8 Å². The molecule has 0 aliphatic rings. The molecule has 0 saturated heterocycles. The average molecular weight is 290 g/mol. The van der Waals surface area contributed by atoms with E-state index in [-0.39, 0.29) is 29.2 Å². The second-order valence-electron chi connectivity index (χ2n) is 4.12. The third-order valence-corrected chi connectivity index (χ3v) is 2.62. The molecule has 7 heteroatoms. The minimum atomic E-state index is -0.756. The Morgan fingerprint density at radius 3 is 2.62 bits per heavy atom. The molecular formula is C14H8F2N2O3. The fourth-order valence-corrected chi connectivity index (χ4v) is 1.67. The van der Waals surface area contributed by atoms with Gasteiger partial charge in [-0.2, -0.15) is 5.26 Å². The number of nitro groups is 1. The van der Waals surface area contributed by atoms with Gasteiger partial charge in [0, 0.05) is 12.1 Å². The van der Waals surface area contributed by atoms with Gasteiger partial charge in [0.05, 0.1) is 16.6 Å². The standard InChI is InChI=1S/C14H8F2N2O3/c15-11-3-9(4-12(5-11)18(19)20)8-21-13-2-1-10(7-17)14(16)6-13/h1-6H,8H2. The van der Waals surface area contributed by atoms with Crippen LogP contribution in [0.5, 0.6) is 5.75 Å². The first-order chi connectivity index (χ1) is 9.99. The van der Waals surface area contributed by atoms with E-state index in [9.17, 15) is 18.9 Å². The molecule has 0 aliphatic carbocycles. The van der Waals surface area contributed by atoms with Crippen LogP contribution < -0.4 is 4.74 Å². The average Bonchev–Trinajstić information content (AvgIpc) is 2.44. The summed E-state index contributed by atoms with van der Waals surface area (Å²) in [5.41, 5.74) is -0.269. The highest BCUT2D eigenvalue weighted by Gasteiger charge is 2.10. The van der Waals surface area contributed by atoms with Crippen LogP contribution in [0.4, 0.5) is 14.5 Å². The highest BCUT2D eigenvalue weighted by atomic mass is 19.1. The zero-order valence-corrected chi connectivity index (χ0v) is 10.5. The fourth-order valence-electron chi connectivity index (χ4n) is 1.67. The minimum Gasteiger partial charge on any atom is -0.489 e. The van der Waals surface area contributed by atoms with E-state index in [0.29, 0.717) is 0 Å². The number of non-ortho nitro benzene ring substituents is 1. The van der Waals surface area contributed by atoms with Gasteiger partial charge in [0.25, 0.3) is 5.69 Å². The van der Waals surface area contributed by atoms with Crippen LogP contribution in [0, 0.1) is 33.1 Å². The second kappa shape index (κ2) is 5.96. The van der Waals surface area contributed by atoms with Crippen LogP contribution in [0.3, 0.4) is 0 Å². The Hall–Kier alpha value is -3.01. The molecule has 2 aromatic carbocycles. The molecule has 21 heavy (non-hydrogen) atoms. The molecule has 5 nitrogen and oxygen atoms in total. The molecule has 0 aromatic heterocycles. The number of hydrogen-bond acceptors (Lipinski definition) is 4. The number of benzene rings is 2. The lowest BCUT2D eigenvalue weighted by atomic mass is 10.2. The van der Waals surface area contributed by atoms with E-state index in [0.717, 1.165) is 18.2 Å².